The largest absolute Gasteiger partial charge is 0.477 e. The number of hydrogen-bond donors (Lipinski definition) is 1. The number of non-ortho nitro benzene ring substituents is 1. The van der Waals surface area contributed by atoms with Gasteiger partial charge >= 0.3 is 0 Å². The number of pyridine rings is 1. The van der Waals surface area contributed by atoms with Gasteiger partial charge in [-0.05, 0) is 42.8 Å². The number of rotatable bonds is 5. The quantitative estimate of drug-likeness (QED) is 0.415. The van der Waals surface area contributed by atoms with Gasteiger partial charge in [-0.3, -0.25) is 10.1 Å². The molecule has 0 unspecified atom stereocenters. The highest BCUT2D eigenvalue weighted by molar-refractivity contribution is 5.78. The Hall–Kier alpha value is -3.92. The molecule has 7 nitrogen and oxygen atoms in total. The predicted molar refractivity (Wildman–Crippen MR) is 102 cm³/mol. The van der Waals surface area contributed by atoms with E-state index < -0.39 is 4.92 Å². The van der Waals surface area contributed by atoms with E-state index in [4.69, 9.17) is 10.5 Å². The molecule has 3 aromatic rings. The molecule has 0 saturated heterocycles. The molecule has 0 saturated carbocycles. The van der Waals surface area contributed by atoms with Gasteiger partial charge in [0.25, 0.3) is 5.69 Å². The number of nitriles is 1. The Morgan fingerprint density at radius 1 is 1.15 bits per heavy atom. The van der Waals surface area contributed by atoms with Crippen LogP contribution < -0.4 is 10.5 Å². The summed E-state index contributed by atoms with van der Waals surface area (Å²) in [7, 11) is 0. The average molecular weight is 360 g/mol. The van der Waals surface area contributed by atoms with Crippen molar-refractivity contribution in [2.75, 3.05) is 12.3 Å². The lowest BCUT2D eigenvalue weighted by atomic mass is 9.98. The number of nitrogens with zero attached hydrogens (tertiary/aromatic N) is 3. The van der Waals surface area contributed by atoms with E-state index in [9.17, 15) is 15.4 Å². The number of hydrogen-bond acceptors (Lipinski definition) is 6. The zero-order chi connectivity index (χ0) is 19.4. The molecule has 0 fully saturated rings. The van der Waals surface area contributed by atoms with Crippen LogP contribution in [0.4, 0.5) is 11.4 Å². The molecular weight excluding hydrogens is 344 g/mol. The molecule has 2 N–H and O–H groups in total. The summed E-state index contributed by atoms with van der Waals surface area (Å²) >= 11 is 0. The number of nitrogen functional groups attached to an aromatic ring is 1. The van der Waals surface area contributed by atoms with Gasteiger partial charge in [0.2, 0.25) is 5.88 Å². The van der Waals surface area contributed by atoms with Crippen molar-refractivity contribution in [1.82, 2.24) is 4.98 Å². The van der Waals surface area contributed by atoms with E-state index >= 15 is 0 Å². The van der Waals surface area contributed by atoms with Gasteiger partial charge in [0, 0.05) is 28.9 Å². The smallest absolute Gasteiger partial charge is 0.269 e. The summed E-state index contributed by atoms with van der Waals surface area (Å²) in [6.45, 7) is 2.16. The maximum Gasteiger partial charge on any atom is 0.269 e. The van der Waals surface area contributed by atoms with Crippen LogP contribution in [-0.2, 0) is 0 Å². The lowest BCUT2D eigenvalue weighted by Crippen LogP contribution is -2.01. The topological polar surface area (TPSA) is 115 Å². The van der Waals surface area contributed by atoms with E-state index in [2.05, 4.69) is 11.1 Å². The fraction of sp³-hybridized carbons (Fsp3) is 0.100. The minimum atomic E-state index is -0.465. The first-order valence-corrected chi connectivity index (χ1v) is 8.22. The number of nitro benzene ring substituents is 1. The minimum absolute atomic E-state index is 0.0184. The van der Waals surface area contributed by atoms with Gasteiger partial charge in [0.15, 0.2) is 0 Å². The summed E-state index contributed by atoms with van der Waals surface area (Å²) < 4.78 is 5.57. The van der Waals surface area contributed by atoms with Crippen LogP contribution in [0.15, 0.2) is 54.6 Å². The van der Waals surface area contributed by atoms with E-state index in [1.807, 2.05) is 19.1 Å². The van der Waals surface area contributed by atoms with E-state index in [0.717, 1.165) is 5.56 Å². The van der Waals surface area contributed by atoms with Gasteiger partial charge in [-0.15, -0.1) is 0 Å². The third-order valence-corrected chi connectivity index (χ3v) is 3.97. The average Bonchev–Trinajstić information content (AvgIpc) is 2.68. The van der Waals surface area contributed by atoms with Crippen LogP contribution in [0.1, 0.15) is 12.5 Å². The Labute approximate surface area is 155 Å². The number of nitro groups is 1. The fourth-order valence-corrected chi connectivity index (χ4v) is 2.66. The van der Waals surface area contributed by atoms with Crippen molar-refractivity contribution in [1.29, 1.82) is 5.26 Å². The SMILES string of the molecule is CCOc1nc(-c2ccc(N)cc2)cc(-c2ccc([N+](=O)[O-])cc2)c1C#N. The van der Waals surface area contributed by atoms with Crippen LogP contribution >= 0.6 is 0 Å². The Bertz CT molecular complexity index is 1020. The third-order valence-electron chi connectivity index (χ3n) is 3.97. The van der Waals surface area contributed by atoms with Gasteiger partial charge in [-0.2, -0.15) is 5.26 Å². The van der Waals surface area contributed by atoms with E-state index in [0.29, 0.717) is 29.1 Å². The van der Waals surface area contributed by atoms with Gasteiger partial charge < -0.3 is 10.5 Å². The molecular formula is C20H16N4O3. The fourth-order valence-electron chi connectivity index (χ4n) is 2.66. The second-order valence-electron chi connectivity index (χ2n) is 5.71. The van der Waals surface area contributed by atoms with Crippen LogP contribution in [0.2, 0.25) is 0 Å². The van der Waals surface area contributed by atoms with Crippen molar-refractivity contribution >= 4 is 11.4 Å². The highest BCUT2D eigenvalue weighted by Crippen LogP contribution is 2.34. The van der Waals surface area contributed by atoms with Crippen molar-refractivity contribution in [2.45, 2.75) is 6.92 Å². The van der Waals surface area contributed by atoms with Crippen molar-refractivity contribution in [3.05, 3.63) is 70.3 Å². The molecule has 0 radical (unpaired) electrons. The maximum absolute atomic E-state index is 10.9. The first-order chi connectivity index (χ1) is 13.0. The van der Waals surface area contributed by atoms with Crippen molar-refractivity contribution in [3.8, 4) is 34.3 Å². The first kappa shape index (κ1) is 17.9. The summed E-state index contributed by atoms with van der Waals surface area (Å²) in [5, 5.41) is 20.5. The molecule has 1 aromatic heterocycles. The summed E-state index contributed by atoms with van der Waals surface area (Å²) in [6, 6.07) is 17.1. The third kappa shape index (κ3) is 3.70. The molecule has 0 aliphatic heterocycles. The first-order valence-electron chi connectivity index (χ1n) is 8.22. The molecule has 0 amide bonds. The van der Waals surface area contributed by atoms with Gasteiger partial charge in [-0.25, -0.2) is 4.98 Å². The van der Waals surface area contributed by atoms with Crippen LogP contribution in [0.25, 0.3) is 22.4 Å². The number of anilines is 1. The van der Waals surface area contributed by atoms with Crippen LogP contribution in [-0.4, -0.2) is 16.5 Å². The van der Waals surface area contributed by atoms with Crippen molar-refractivity contribution in [3.63, 3.8) is 0 Å². The molecule has 0 atom stereocenters. The Morgan fingerprint density at radius 3 is 2.33 bits per heavy atom. The predicted octanol–water partition coefficient (Wildman–Crippen LogP) is 4.18. The molecule has 0 spiro atoms. The Balaban J connectivity index is 2.19. The molecule has 2 aromatic carbocycles. The number of nitrogens with two attached hydrogens (primary N) is 1. The Morgan fingerprint density at radius 2 is 1.78 bits per heavy atom. The van der Waals surface area contributed by atoms with E-state index in [1.165, 1.54) is 12.1 Å². The molecule has 27 heavy (non-hydrogen) atoms. The zero-order valence-corrected chi connectivity index (χ0v) is 14.5. The molecule has 134 valence electrons. The highest BCUT2D eigenvalue weighted by Gasteiger charge is 2.17. The maximum atomic E-state index is 10.9. The summed E-state index contributed by atoms with van der Waals surface area (Å²) in [6.07, 6.45) is 0. The number of aromatic nitrogens is 1. The molecule has 0 aliphatic rings. The van der Waals surface area contributed by atoms with Crippen LogP contribution in [0.5, 0.6) is 5.88 Å². The minimum Gasteiger partial charge on any atom is -0.477 e. The molecule has 3 rings (SSSR count). The monoisotopic (exact) mass is 360 g/mol. The molecule has 0 bridgehead atoms. The van der Waals surface area contributed by atoms with Gasteiger partial charge in [0.1, 0.15) is 11.6 Å². The van der Waals surface area contributed by atoms with Crippen LogP contribution in [0, 0.1) is 21.4 Å². The molecule has 0 aliphatic carbocycles. The zero-order valence-electron chi connectivity index (χ0n) is 14.5. The van der Waals surface area contributed by atoms with Crippen LogP contribution in [0.3, 0.4) is 0 Å². The van der Waals surface area contributed by atoms with Crippen molar-refractivity contribution < 1.29 is 9.66 Å². The van der Waals surface area contributed by atoms with Crippen molar-refractivity contribution in [2.24, 2.45) is 0 Å². The lowest BCUT2D eigenvalue weighted by molar-refractivity contribution is -0.384. The van der Waals surface area contributed by atoms with Gasteiger partial charge in [0.05, 0.1) is 17.2 Å². The van der Waals surface area contributed by atoms with Gasteiger partial charge in [-0.1, -0.05) is 12.1 Å². The highest BCUT2D eigenvalue weighted by atomic mass is 16.6. The van der Waals surface area contributed by atoms with E-state index in [-0.39, 0.29) is 17.1 Å². The Kier molecular flexibility index (Phi) is 4.99. The van der Waals surface area contributed by atoms with E-state index in [1.54, 1.807) is 30.3 Å². The number of benzene rings is 2. The summed E-state index contributed by atoms with van der Waals surface area (Å²) in [4.78, 5) is 14.9. The standard InChI is InChI=1S/C20H16N4O3/c1-2-27-20-18(12-21)17(13-5-9-16(10-6-13)24(25)26)11-19(23-20)14-3-7-15(22)8-4-14/h3-11H,2,22H2,1H3. The summed E-state index contributed by atoms with van der Waals surface area (Å²) in [5.74, 6) is 0.225. The molecule has 1 heterocycles. The second kappa shape index (κ2) is 7.54. The normalized spacial score (nSPS) is 10.2. The number of ether oxygens (including phenoxy) is 1. The molecule has 7 heteroatoms. The second-order valence-corrected chi connectivity index (χ2v) is 5.71. The summed E-state index contributed by atoms with van der Waals surface area (Å²) in [5.41, 5.74) is 9.33. The lowest BCUT2D eigenvalue weighted by Gasteiger charge is -2.13.